The lowest BCUT2D eigenvalue weighted by atomic mass is 10.0. The van der Waals surface area contributed by atoms with Gasteiger partial charge in [0.15, 0.2) is 6.10 Å². The van der Waals surface area contributed by atoms with E-state index in [-0.39, 0.29) is 43.4 Å². The van der Waals surface area contributed by atoms with Crippen LogP contribution in [0.5, 0.6) is 0 Å². The summed E-state index contributed by atoms with van der Waals surface area (Å²) in [5, 5.41) is 17.2. The lowest BCUT2D eigenvalue weighted by Crippen LogP contribution is -2.53. The van der Waals surface area contributed by atoms with E-state index in [1.54, 1.807) is 17.6 Å². The zero-order valence-corrected chi connectivity index (χ0v) is 27.8. The molecule has 3 heterocycles. The van der Waals surface area contributed by atoms with Crippen molar-refractivity contribution in [3.63, 3.8) is 0 Å². The number of benzene rings is 2. The first-order valence-corrected chi connectivity index (χ1v) is 18.0. The molecule has 3 unspecified atom stereocenters. The van der Waals surface area contributed by atoms with Gasteiger partial charge < -0.3 is 15.2 Å². The SMILES string of the molecule is CC[C@H](C)CN(CC(O)C(Cc1ccccc1)NC(=O)C1CN(Cc2csc(C)n2)C(=O)O1)S(=O)(=O)c1ccc2ncsc2c1. The highest BCUT2D eigenvalue weighted by Crippen LogP contribution is 2.26. The van der Waals surface area contributed by atoms with Crippen molar-refractivity contribution in [3.05, 3.63) is 75.7 Å². The Morgan fingerprint density at radius 2 is 1.98 bits per heavy atom. The Kier molecular flexibility index (Phi) is 10.5. The normalized spacial score (nSPS) is 17.4. The van der Waals surface area contributed by atoms with Gasteiger partial charge in [-0.2, -0.15) is 4.31 Å². The van der Waals surface area contributed by atoms with E-state index in [2.05, 4.69) is 15.3 Å². The molecule has 1 fully saturated rings. The summed E-state index contributed by atoms with van der Waals surface area (Å²) in [6.07, 6.45) is -2.01. The maximum absolute atomic E-state index is 14.0. The molecule has 240 valence electrons. The van der Waals surface area contributed by atoms with Crippen LogP contribution in [-0.2, 0) is 32.5 Å². The molecule has 14 heteroatoms. The Labute approximate surface area is 270 Å². The Balaban J connectivity index is 1.35. The summed E-state index contributed by atoms with van der Waals surface area (Å²) >= 11 is 2.83. The molecular formula is C31H37N5O6S3. The number of amides is 2. The number of cyclic esters (lactones) is 1. The van der Waals surface area contributed by atoms with Crippen molar-refractivity contribution in [1.29, 1.82) is 0 Å². The number of aliphatic hydroxyl groups excluding tert-OH is 1. The number of thiazole rings is 2. The molecule has 0 radical (unpaired) electrons. The molecule has 1 saturated heterocycles. The molecule has 1 aliphatic rings. The van der Waals surface area contributed by atoms with E-state index < -0.39 is 40.3 Å². The van der Waals surface area contributed by atoms with Crippen molar-refractivity contribution in [3.8, 4) is 0 Å². The van der Waals surface area contributed by atoms with Gasteiger partial charge in [-0.15, -0.1) is 22.7 Å². The van der Waals surface area contributed by atoms with Crippen LogP contribution in [0.3, 0.4) is 0 Å². The van der Waals surface area contributed by atoms with Gasteiger partial charge in [-0.1, -0.05) is 50.6 Å². The number of sulfonamides is 1. The molecule has 2 N–H and O–H groups in total. The second-order valence-electron chi connectivity index (χ2n) is 11.3. The van der Waals surface area contributed by atoms with E-state index in [4.69, 9.17) is 4.74 Å². The largest absolute Gasteiger partial charge is 0.434 e. The predicted octanol–water partition coefficient (Wildman–Crippen LogP) is 4.21. The van der Waals surface area contributed by atoms with Crippen LogP contribution < -0.4 is 5.32 Å². The topological polar surface area (TPSA) is 142 Å². The molecule has 11 nitrogen and oxygen atoms in total. The van der Waals surface area contributed by atoms with Crippen molar-refractivity contribution in [2.75, 3.05) is 19.6 Å². The van der Waals surface area contributed by atoms with Crippen LogP contribution in [0, 0.1) is 12.8 Å². The Hall–Kier alpha value is -3.43. The van der Waals surface area contributed by atoms with Crippen molar-refractivity contribution in [2.24, 2.45) is 5.92 Å². The third-order valence-corrected chi connectivity index (χ3v) is 11.3. The molecule has 2 amide bonds. The van der Waals surface area contributed by atoms with Gasteiger partial charge in [0.1, 0.15) is 0 Å². The highest BCUT2D eigenvalue weighted by Gasteiger charge is 2.39. The summed E-state index contributed by atoms with van der Waals surface area (Å²) in [6.45, 7) is 6.01. The quantitative estimate of drug-likeness (QED) is 0.203. The van der Waals surface area contributed by atoms with E-state index in [1.165, 1.54) is 37.9 Å². The zero-order valence-electron chi connectivity index (χ0n) is 25.3. The average molecular weight is 672 g/mol. The van der Waals surface area contributed by atoms with Crippen molar-refractivity contribution in [2.45, 2.75) is 63.3 Å². The van der Waals surface area contributed by atoms with E-state index in [0.717, 1.165) is 21.7 Å². The molecule has 4 atom stereocenters. The number of ether oxygens (including phenoxy) is 1. The van der Waals surface area contributed by atoms with Crippen LogP contribution in [0.4, 0.5) is 4.79 Å². The van der Waals surface area contributed by atoms with Crippen LogP contribution in [0.2, 0.25) is 0 Å². The highest BCUT2D eigenvalue weighted by atomic mass is 32.2. The first-order valence-electron chi connectivity index (χ1n) is 14.8. The molecule has 4 aromatic rings. The van der Waals surface area contributed by atoms with Crippen LogP contribution >= 0.6 is 22.7 Å². The first kappa shape index (κ1) is 32.9. The molecule has 5 rings (SSSR count). The minimum atomic E-state index is -4.01. The zero-order chi connectivity index (χ0) is 32.1. The monoisotopic (exact) mass is 671 g/mol. The Morgan fingerprint density at radius 1 is 1.20 bits per heavy atom. The highest BCUT2D eigenvalue weighted by molar-refractivity contribution is 7.89. The second-order valence-corrected chi connectivity index (χ2v) is 15.2. The number of hydrogen-bond donors (Lipinski definition) is 2. The summed E-state index contributed by atoms with van der Waals surface area (Å²) in [5.74, 6) is -0.543. The number of rotatable bonds is 14. The van der Waals surface area contributed by atoms with Gasteiger partial charge in [0, 0.05) is 18.5 Å². The fourth-order valence-electron chi connectivity index (χ4n) is 5.11. The van der Waals surface area contributed by atoms with Gasteiger partial charge in [-0.3, -0.25) is 9.69 Å². The van der Waals surface area contributed by atoms with Gasteiger partial charge >= 0.3 is 6.09 Å². The number of carbonyl (C=O) groups excluding carboxylic acids is 2. The third-order valence-electron chi connectivity index (χ3n) is 7.83. The molecule has 0 aliphatic carbocycles. The Morgan fingerprint density at radius 3 is 2.69 bits per heavy atom. The molecule has 45 heavy (non-hydrogen) atoms. The second kappa shape index (κ2) is 14.3. The number of aryl methyl sites for hydroxylation is 1. The molecule has 1 aliphatic heterocycles. The number of aromatic nitrogens is 2. The number of nitrogens with zero attached hydrogens (tertiary/aromatic N) is 4. The fraction of sp³-hybridized carbons (Fsp3) is 0.419. The smallest absolute Gasteiger partial charge is 0.411 e. The predicted molar refractivity (Wildman–Crippen MR) is 173 cm³/mol. The van der Waals surface area contributed by atoms with Crippen molar-refractivity contribution < 1.29 is 27.9 Å². The third kappa shape index (κ3) is 8.05. The average Bonchev–Trinajstić information content (AvgIpc) is 3.76. The molecule has 0 spiro atoms. The number of fused-ring (bicyclic) bond motifs is 1. The molecule has 2 aromatic carbocycles. The molecule has 2 aromatic heterocycles. The van der Waals surface area contributed by atoms with Crippen molar-refractivity contribution >= 4 is 54.9 Å². The van der Waals surface area contributed by atoms with E-state index in [1.807, 2.05) is 56.5 Å². The van der Waals surface area contributed by atoms with Crippen LogP contribution in [0.15, 0.2) is 64.3 Å². The summed E-state index contributed by atoms with van der Waals surface area (Å²) in [5.41, 5.74) is 3.94. The summed E-state index contributed by atoms with van der Waals surface area (Å²) in [6, 6.07) is 13.3. The van der Waals surface area contributed by atoms with Crippen LogP contribution in [0.25, 0.3) is 10.2 Å². The molecule has 0 saturated carbocycles. The van der Waals surface area contributed by atoms with E-state index in [0.29, 0.717) is 11.2 Å². The summed E-state index contributed by atoms with van der Waals surface area (Å²) < 4.78 is 35.4. The lowest BCUT2D eigenvalue weighted by molar-refractivity contribution is -0.129. The van der Waals surface area contributed by atoms with Crippen LogP contribution in [-0.4, -0.2) is 82.6 Å². The van der Waals surface area contributed by atoms with Crippen LogP contribution in [0.1, 0.15) is 36.5 Å². The number of hydrogen-bond acceptors (Lipinski definition) is 10. The maximum atomic E-state index is 14.0. The van der Waals surface area contributed by atoms with E-state index in [9.17, 15) is 23.1 Å². The van der Waals surface area contributed by atoms with Gasteiger partial charge in [-0.25, -0.2) is 23.2 Å². The maximum Gasteiger partial charge on any atom is 0.411 e. The molecular weight excluding hydrogens is 635 g/mol. The lowest BCUT2D eigenvalue weighted by Gasteiger charge is -2.31. The van der Waals surface area contributed by atoms with Gasteiger partial charge in [-0.05, 0) is 43.0 Å². The fourth-order valence-corrected chi connectivity index (χ4v) is 8.10. The number of aliphatic hydroxyl groups is 1. The minimum absolute atomic E-state index is 0.0201. The summed E-state index contributed by atoms with van der Waals surface area (Å²) in [4.78, 5) is 36.2. The van der Waals surface area contributed by atoms with Gasteiger partial charge in [0.05, 0.1) is 56.6 Å². The Bertz CT molecular complexity index is 1730. The number of carbonyl (C=O) groups is 2. The standard InChI is InChI=1S/C31H37N5O6S3/c1-4-20(2)14-36(45(40,41)24-10-11-25-29(13-24)44-19-32-25)16-27(37)26(12-22-8-6-5-7-9-22)34-30(38)28-17-35(31(39)42-28)15-23-18-43-21(3)33-23/h5-11,13,18-20,26-28,37H,4,12,14-17H2,1-3H3,(H,34,38)/t20-,26?,27?,28?/m0/s1. The first-order chi connectivity index (χ1) is 21.5. The molecule has 0 bridgehead atoms. The van der Waals surface area contributed by atoms with Crippen molar-refractivity contribution in [1.82, 2.24) is 24.5 Å². The summed E-state index contributed by atoms with van der Waals surface area (Å²) in [7, 11) is -4.01. The minimum Gasteiger partial charge on any atom is -0.434 e. The van der Waals surface area contributed by atoms with Gasteiger partial charge in [0.25, 0.3) is 5.91 Å². The number of nitrogens with one attached hydrogen (secondary N) is 1. The van der Waals surface area contributed by atoms with E-state index >= 15 is 0 Å². The van der Waals surface area contributed by atoms with Gasteiger partial charge in [0.2, 0.25) is 10.0 Å².